The Morgan fingerprint density at radius 1 is 1.12 bits per heavy atom. The van der Waals surface area contributed by atoms with Gasteiger partial charge in [-0.05, 0) is 43.3 Å². The van der Waals surface area contributed by atoms with Crippen LogP contribution >= 0.6 is 0 Å². The lowest BCUT2D eigenvalue weighted by Crippen LogP contribution is -2.23. The van der Waals surface area contributed by atoms with E-state index in [0.29, 0.717) is 28.3 Å². The molecule has 5 aromatic rings. The number of hydrogen-bond acceptors (Lipinski definition) is 6. The number of anilines is 1. The van der Waals surface area contributed by atoms with Gasteiger partial charge in [-0.15, -0.1) is 0 Å². The van der Waals surface area contributed by atoms with Crippen LogP contribution in [0.5, 0.6) is 5.75 Å². The summed E-state index contributed by atoms with van der Waals surface area (Å²) < 4.78 is 21.3. The third kappa shape index (κ3) is 4.13. The molecule has 0 fully saturated rings. The van der Waals surface area contributed by atoms with Crippen molar-refractivity contribution in [2.75, 3.05) is 11.9 Å². The smallest absolute Gasteiger partial charge is 0.263 e. The van der Waals surface area contributed by atoms with Gasteiger partial charge in [0.05, 0.1) is 17.6 Å². The lowest BCUT2D eigenvalue weighted by molar-refractivity contribution is -0.118. The highest BCUT2D eigenvalue weighted by atomic mass is 19.1. The van der Waals surface area contributed by atoms with Crippen molar-refractivity contribution in [3.05, 3.63) is 88.7 Å². The summed E-state index contributed by atoms with van der Waals surface area (Å²) >= 11 is 0. The van der Waals surface area contributed by atoms with Crippen molar-refractivity contribution in [2.45, 2.75) is 6.92 Å². The number of ether oxygens (including phenoxy) is 1. The van der Waals surface area contributed by atoms with Crippen molar-refractivity contribution in [3.63, 3.8) is 0 Å². The fourth-order valence-corrected chi connectivity index (χ4v) is 3.37. The Morgan fingerprint density at radius 2 is 1.88 bits per heavy atom. The molecule has 11 heteroatoms. The number of carbonyl (C=O) groups excluding carboxylic acids is 1. The SMILES string of the molecule is Cc1cc(NC(=O)COc2ccc(F)cc2)n(-c2nc3c(cnn3-c3ccccc3)c(=O)[nH]2)n1. The van der Waals surface area contributed by atoms with Crippen molar-refractivity contribution in [2.24, 2.45) is 0 Å². The molecule has 1 amide bonds. The first kappa shape index (κ1) is 21.1. The van der Waals surface area contributed by atoms with Gasteiger partial charge in [-0.1, -0.05) is 18.2 Å². The molecule has 2 N–H and O–H groups in total. The van der Waals surface area contributed by atoms with Crippen LogP contribution in [0.15, 0.2) is 71.7 Å². The van der Waals surface area contributed by atoms with Crippen molar-refractivity contribution in [1.82, 2.24) is 29.5 Å². The van der Waals surface area contributed by atoms with Crippen LogP contribution < -0.4 is 15.6 Å². The van der Waals surface area contributed by atoms with Gasteiger partial charge in [0.1, 0.15) is 22.8 Å². The number of rotatable bonds is 6. The van der Waals surface area contributed by atoms with Crippen LogP contribution in [-0.4, -0.2) is 42.0 Å². The Hall–Kier alpha value is -4.80. The molecule has 0 saturated carbocycles. The molecule has 10 nitrogen and oxygen atoms in total. The van der Waals surface area contributed by atoms with E-state index in [1.54, 1.807) is 17.7 Å². The Balaban J connectivity index is 1.44. The van der Waals surface area contributed by atoms with Gasteiger partial charge in [0, 0.05) is 6.07 Å². The molecule has 34 heavy (non-hydrogen) atoms. The number of halogens is 1. The van der Waals surface area contributed by atoms with Gasteiger partial charge < -0.3 is 10.1 Å². The molecule has 0 aliphatic heterocycles. The van der Waals surface area contributed by atoms with Gasteiger partial charge in [-0.2, -0.15) is 19.9 Å². The summed E-state index contributed by atoms with van der Waals surface area (Å²) in [5, 5.41) is 11.7. The number of amides is 1. The van der Waals surface area contributed by atoms with E-state index >= 15 is 0 Å². The van der Waals surface area contributed by atoms with E-state index < -0.39 is 17.3 Å². The summed E-state index contributed by atoms with van der Waals surface area (Å²) in [6, 6.07) is 16.3. The second kappa shape index (κ2) is 8.62. The number of nitrogens with zero attached hydrogens (tertiary/aromatic N) is 5. The zero-order chi connectivity index (χ0) is 23.7. The fraction of sp³-hybridized carbons (Fsp3) is 0.0870. The minimum absolute atomic E-state index is 0.109. The zero-order valence-electron chi connectivity index (χ0n) is 17.9. The number of benzene rings is 2. The van der Waals surface area contributed by atoms with E-state index in [1.807, 2.05) is 30.3 Å². The van der Waals surface area contributed by atoms with Crippen molar-refractivity contribution < 1.29 is 13.9 Å². The van der Waals surface area contributed by atoms with E-state index in [0.717, 1.165) is 5.69 Å². The van der Waals surface area contributed by atoms with Crippen molar-refractivity contribution in [1.29, 1.82) is 0 Å². The first-order valence-electron chi connectivity index (χ1n) is 10.3. The van der Waals surface area contributed by atoms with Crippen LogP contribution in [0.1, 0.15) is 5.69 Å². The number of carbonyl (C=O) groups is 1. The average Bonchev–Trinajstić information content (AvgIpc) is 3.43. The number of H-pyrrole nitrogens is 1. The topological polar surface area (TPSA) is 120 Å². The maximum absolute atomic E-state index is 13.0. The maximum atomic E-state index is 13.0. The highest BCUT2D eigenvalue weighted by molar-refractivity contribution is 5.91. The lowest BCUT2D eigenvalue weighted by Gasteiger charge is -2.10. The second-order valence-electron chi connectivity index (χ2n) is 7.39. The van der Waals surface area contributed by atoms with Crippen LogP contribution in [0.25, 0.3) is 22.7 Å². The van der Waals surface area contributed by atoms with Crippen LogP contribution in [0.4, 0.5) is 10.2 Å². The van der Waals surface area contributed by atoms with E-state index in [2.05, 4.69) is 25.5 Å². The minimum Gasteiger partial charge on any atom is -0.484 e. The molecular formula is C23H18FN7O3. The van der Waals surface area contributed by atoms with Crippen LogP contribution in [0.2, 0.25) is 0 Å². The molecule has 0 radical (unpaired) electrons. The average molecular weight is 459 g/mol. The highest BCUT2D eigenvalue weighted by Gasteiger charge is 2.17. The summed E-state index contributed by atoms with van der Waals surface area (Å²) in [5.41, 5.74) is 1.28. The van der Waals surface area contributed by atoms with Gasteiger partial charge in [-0.25, -0.2) is 9.07 Å². The Bertz CT molecular complexity index is 1540. The van der Waals surface area contributed by atoms with Gasteiger partial charge in [0.2, 0.25) is 5.95 Å². The summed E-state index contributed by atoms with van der Waals surface area (Å²) in [5.74, 6) is -0.116. The van der Waals surface area contributed by atoms with Crippen LogP contribution in [-0.2, 0) is 4.79 Å². The van der Waals surface area contributed by atoms with E-state index in [4.69, 9.17) is 4.74 Å². The predicted octanol–water partition coefficient (Wildman–Crippen LogP) is 2.76. The molecule has 0 aliphatic carbocycles. The predicted molar refractivity (Wildman–Crippen MR) is 122 cm³/mol. The van der Waals surface area contributed by atoms with E-state index in [1.165, 1.54) is 35.1 Å². The number of nitrogens with one attached hydrogen (secondary N) is 2. The molecule has 0 unspecified atom stereocenters. The first-order chi connectivity index (χ1) is 16.5. The van der Waals surface area contributed by atoms with Crippen molar-refractivity contribution in [3.8, 4) is 17.4 Å². The molecule has 0 spiro atoms. The van der Waals surface area contributed by atoms with Crippen LogP contribution in [0, 0.1) is 12.7 Å². The summed E-state index contributed by atoms with van der Waals surface area (Å²) in [4.78, 5) is 32.4. The summed E-state index contributed by atoms with van der Waals surface area (Å²) in [6.07, 6.45) is 1.45. The van der Waals surface area contributed by atoms with E-state index in [-0.39, 0.29) is 12.6 Å². The fourth-order valence-electron chi connectivity index (χ4n) is 3.37. The molecule has 3 aromatic heterocycles. The van der Waals surface area contributed by atoms with Crippen molar-refractivity contribution >= 4 is 22.8 Å². The molecule has 0 aliphatic rings. The number of para-hydroxylation sites is 1. The number of aromatic nitrogens is 6. The van der Waals surface area contributed by atoms with Gasteiger partial charge >= 0.3 is 0 Å². The molecule has 170 valence electrons. The van der Waals surface area contributed by atoms with Gasteiger partial charge in [-0.3, -0.25) is 14.6 Å². The quantitative estimate of drug-likeness (QED) is 0.403. The van der Waals surface area contributed by atoms with Gasteiger partial charge in [0.25, 0.3) is 11.5 Å². The highest BCUT2D eigenvalue weighted by Crippen LogP contribution is 2.18. The monoisotopic (exact) mass is 459 g/mol. The zero-order valence-corrected chi connectivity index (χ0v) is 17.9. The number of hydrogen-bond donors (Lipinski definition) is 2. The normalized spacial score (nSPS) is 11.0. The van der Waals surface area contributed by atoms with E-state index in [9.17, 15) is 14.0 Å². The number of aromatic amines is 1. The minimum atomic E-state index is -0.469. The molecular weight excluding hydrogens is 441 g/mol. The first-order valence-corrected chi connectivity index (χ1v) is 10.3. The lowest BCUT2D eigenvalue weighted by atomic mass is 10.3. The Morgan fingerprint density at radius 3 is 2.65 bits per heavy atom. The third-order valence-electron chi connectivity index (χ3n) is 4.91. The molecule has 0 atom stereocenters. The summed E-state index contributed by atoms with van der Waals surface area (Å²) in [7, 11) is 0. The molecule has 5 rings (SSSR count). The number of fused-ring (bicyclic) bond motifs is 1. The van der Waals surface area contributed by atoms with Crippen LogP contribution in [0.3, 0.4) is 0 Å². The molecule has 0 saturated heterocycles. The molecule has 3 heterocycles. The Labute approximate surface area is 191 Å². The van der Waals surface area contributed by atoms with Gasteiger partial charge in [0.15, 0.2) is 12.3 Å². The summed E-state index contributed by atoms with van der Waals surface area (Å²) in [6.45, 7) is 1.44. The second-order valence-corrected chi connectivity index (χ2v) is 7.39. The number of aryl methyl sites for hydroxylation is 1. The molecule has 0 bridgehead atoms. The largest absolute Gasteiger partial charge is 0.484 e. The standard InChI is InChI=1S/C23H18FN7O3/c1-14-11-19(26-20(32)13-34-17-9-7-15(24)8-10-17)31(29-14)23-27-21-18(22(33)28-23)12-25-30(21)16-5-3-2-4-6-16/h2-12H,13H2,1H3,(H,26,32)(H,27,28,33). The Kier molecular flexibility index (Phi) is 5.34. The third-order valence-corrected chi connectivity index (χ3v) is 4.91. The molecule has 2 aromatic carbocycles. The maximum Gasteiger partial charge on any atom is 0.263 e.